The Morgan fingerprint density at radius 2 is 1.88 bits per heavy atom. The van der Waals surface area contributed by atoms with Gasteiger partial charge in [0.2, 0.25) is 0 Å². The minimum atomic E-state index is -0.132. The lowest BCUT2D eigenvalue weighted by atomic mass is 10.1. The molecule has 1 amide bonds. The zero-order valence-electron chi connectivity index (χ0n) is 13.5. The Kier molecular flexibility index (Phi) is 9.73. The number of hydrogen-bond donors (Lipinski definition) is 2. The molecular formula is C16H21BrCl2N4O. The Bertz CT molecular complexity index is 666. The molecule has 2 rings (SSSR count). The first-order valence-electron chi connectivity index (χ1n) is 6.93. The van der Waals surface area contributed by atoms with Crippen LogP contribution in [0.25, 0.3) is 0 Å². The predicted octanol–water partition coefficient (Wildman–Crippen LogP) is 3.31. The number of nitrogens with two attached hydrogens (primary N) is 1. The van der Waals surface area contributed by atoms with Gasteiger partial charge in [0, 0.05) is 37.0 Å². The molecular weight excluding hydrogens is 415 g/mol. The number of carbonyl (C=O) groups is 1. The second kappa shape index (κ2) is 10.4. The summed E-state index contributed by atoms with van der Waals surface area (Å²) >= 11 is 3.35. The summed E-state index contributed by atoms with van der Waals surface area (Å²) in [5.41, 5.74) is 8.08. The number of benzene rings is 1. The highest BCUT2D eigenvalue weighted by Crippen LogP contribution is 2.19. The lowest BCUT2D eigenvalue weighted by molar-refractivity contribution is 0.0954. The van der Waals surface area contributed by atoms with E-state index >= 15 is 0 Å². The highest BCUT2D eigenvalue weighted by molar-refractivity contribution is 9.10. The van der Waals surface area contributed by atoms with E-state index in [2.05, 4.69) is 26.2 Å². The number of nitrogen functional groups attached to an aromatic ring is 1. The Morgan fingerprint density at radius 3 is 2.46 bits per heavy atom. The Balaban J connectivity index is 0.00000264. The van der Waals surface area contributed by atoms with Crippen LogP contribution in [0.15, 0.2) is 41.0 Å². The van der Waals surface area contributed by atoms with Crippen LogP contribution >= 0.6 is 40.7 Å². The molecule has 0 bridgehead atoms. The van der Waals surface area contributed by atoms with Crippen molar-refractivity contribution in [1.82, 2.24) is 10.3 Å². The summed E-state index contributed by atoms with van der Waals surface area (Å²) < 4.78 is 0.779. The van der Waals surface area contributed by atoms with Crippen molar-refractivity contribution < 1.29 is 4.79 Å². The quantitative estimate of drug-likeness (QED) is 0.706. The smallest absolute Gasteiger partial charge is 0.255 e. The van der Waals surface area contributed by atoms with E-state index in [0.717, 1.165) is 22.1 Å². The topological polar surface area (TPSA) is 71.2 Å². The van der Waals surface area contributed by atoms with E-state index in [4.69, 9.17) is 5.73 Å². The number of carbonyl (C=O) groups excluding carboxylic acids is 1. The molecule has 5 nitrogen and oxygen atoms in total. The van der Waals surface area contributed by atoms with E-state index in [9.17, 15) is 4.79 Å². The number of nitrogens with zero attached hydrogens (tertiary/aromatic N) is 2. The Hall–Kier alpha value is -1.50. The molecule has 0 saturated heterocycles. The molecule has 24 heavy (non-hydrogen) atoms. The summed E-state index contributed by atoms with van der Waals surface area (Å²) in [5, 5.41) is 2.93. The molecule has 0 aliphatic carbocycles. The molecule has 3 N–H and O–H groups in total. The van der Waals surface area contributed by atoms with Crippen LogP contribution in [-0.4, -0.2) is 31.5 Å². The van der Waals surface area contributed by atoms with Crippen molar-refractivity contribution in [1.29, 1.82) is 0 Å². The normalized spacial score (nSPS) is 9.46. The van der Waals surface area contributed by atoms with E-state index in [1.807, 2.05) is 43.3 Å². The lowest BCUT2D eigenvalue weighted by Crippen LogP contribution is -2.28. The van der Waals surface area contributed by atoms with Gasteiger partial charge >= 0.3 is 0 Å². The summed E-state index contributed by atoms with van der Waals surface area (Å²) in [4.78, 5) is 18.4. The summed E-state index contributed by atoms with van der Waals surface area (Å²) in [6, 6.07) is 9.43. The monoisotopic (exact) mass is 434 g/mol. The van der Waals surface area contributed by atoms with Crippen molar-refractivity contribution in [3.8, 4) is 0 Å². The fourth-order valence-corrected chi connectivity index (χ4v) is 2.39. The maximum Gasteiger partial charge on any atom is 0.255 e. The zero-order chi connectivity index (χ0) is 16.1. The van der Waals surface area contributed by atoms with Crippen molar-refractivity contribution >= 4 is 58.2 Å². The van der Waals surface area contributed by atoms with Gasteiger partial charge in [-0.1, -0.05) is 12.1 Å². The number of aromatic nitrogens is 1. The fourth-order valence-electron chi connectivity index (χ4n) is 2.06. The summed E-state index contributed by atoms with van der Waals surface area (Å²) in [7, 11) is 3.72. The van der Waals surface area contributed by atoms with Gasteiger partial charge in [-0.05, 0) is 46.1 Å². The molecule has 0 fully saturated rings. The standard InChI is InChI=1S/C16H19BrN4O.2ClH/c1-21(2)15-14(9-12(17)10-20-15)16(22)19-8-7-11-3-5-13(18)6-4-11;;/h3-6,9-10H,7-8,18H2,1-2H3,(H,19,22);2*1H. The SMILES string of the molecule is CN(C)c1ncc(Br)cc1C(=O)NCCc1ccc(N)cc1.Cl.Cl. The average molecular weight is 436 g/mol. The largest absolute Gasteiger partial charge is 0.399 e. The maximum absolute atomic E-state index is 12.3. The first kappa shape index (κ1) is 22.5. The summed E-state index contributed by atoms with van der Waals surface area (Å²) in [6.07, 6.45) is 2.44. The number of rotatable bonds is 5. The third-order valence-electron chi connectivity index (χ3n) is 3.18. The van der Waals surface area contributed by atoms with Crippen LogP contribution in [-0.2, 0) is 6.42 Å². The third kappa shape index (κ3) is 6.19. The van der Waals surface area contributed by atoms with E-state index < -0.39 is 0 Å². The number of pyridine rings is 1. The van der Waals surface area contributed by atoms with Gasteiger partial charge in [-0.3, -0.25) is 4.79 Å². The van der Waals surface area contributed by atoms with Crippen molar-refractivity contribution in [3.05, 3.63) is 52.1 Å². The highest BCUT2D eigenvalue weighted by Gasteiger charge is 2.14. The van der Waals surface area contributed by atoms with Crippen molar-refractivity contribution in [2.24, 2.45) is 0 Å². The van der Waals surface area contributed by atoms with Gasteiger partial charge in [-0.15, -0.1) is 24.8 Å². The number of nitrogens with one attached hydrogen (secondary N) is 1. The van der Waals surface area contributed by atoms with Crippen molar-refractivity contribution in [3.63, 3.8) is 0 Å². The molecule has 132 valence electrons. The molecule has 0 unspecified atom stereocenters. The molecule has 0 aliphatic rings. The van der Waals surface area contributed by atoms with E-state index in [0.29, 0.717) is 17.9 Å². The van der Waals surface area contributed by atoms with Crippen LogP contribution in [0.4, 0.5) is 11.5 Å². The van der Waals surface area contributed by atoms with Gasteiger partial charge in [-0.25, -0.2) is 4.98 Å². The zero-order valence-corrected chi connectivity index (χ0v) is 16.7. The molecule has 8 heteroatoms. The molecule has 0 atom stereocenters. The number of amides is 1. The maximum atomic E-state index is 12.3. The molecule has 1 aromatic carbocycles. The molecule has 0 radical (unpaired) electrons. The van der Waals surface area contributed by atoms with Crippen LogP contribution in [0.2, 0.25) is 0 Å². The van der Waals surface area contributed by atoms with Crippen molar-refractivity contribution in [2.45, 2.75) is 6.42 Å². The molecule has 1 aromatic heterocycles. The van der Waals surface area contributed by atoms with Gasteiger partial charge in [0.25, 0.3) is 5.91 Å². The predicted molar refractivity (Wildman–Crippen MR) is 108 cm³/mol. The number of hydrogen-bond acceptors (Lipinski definition) is 4. The summed E-state index contributed by atoms with van der Waals surface area (Å²) in [6.45, 7) is 0.558. The summed E-state index contributed by atoms with van der Waals surface area (Å²) in [5.74, 6) is 0.515. The van der Waals surface area contributed by atoms with Crippen LogP contribution < -0.4 is 16.0 Å². The molecule has 0 aliphatic heterocycles. The van der Waals surface area contributed by atoms with E-state index in [1.165, 1.54) is 0 Å². The number of halogens is 3. The first-order valence-corrected chi connectivity index (χ1v) is 7.72. The second-order valence-electron chi connectivity index (χ2n) is 5.17. The minimum absolute atomic E-state index is 0. The van der Waals surface area contributed by atoms with Crippen molar-refractivity contribution in [2.75, 3.05) is 31.3 Å². The van der Waals surface area contributed by atoms with Crippen LogP contribution in [0.5, 0.6) is 0 Å². The first-order chi connectivity index (χ1) is 10.5. The molecule has 2 aromatic rings. The Morgan fingerprint density at radius 1 is 1.25 bits per heavy atom. The molecule has 1 heterocycles. The highest BCUT2D eigenvalue weighted by atomic mass is 79.9. The van der Waals surface area contributed by atoms with E-state index in [-0.39, 0.29) is 30.7 Å². The second-order valence-corrected chi connectivity index (χ2v) is 6.08. The average Bonchev–Trinajstić information content (AvgIpc) is 2.48. The molecule has 0 spiro atoms. The van der Waals surface area contributed by atoms with Gasteiger partial charge in [0.1, 0.15) is 5.82 Å². The van der Waals surface area contributed by atoms with Crippen LogP contribution in [0.3, 0.4) is 0 Å². The van der Waals surface area contributed by atoms with E-state index in [1.54, 1.807) is 12.3 Å². The van der Waals surface area contributed by atoms with Crippen LogP contribution in [0, 0.1) is 0 Å². The van der Waals surface area contributed by atoms with Crippen LogP contribution in [0.1, 0.15) is 15.9 Å². The molecule has 0 saturated carbocycles. The van der Waals surface area contributed by atoms with Gasteiger partial charge < -0.3 is 16.0 Å². The third-order valence-corrected chi connectivity index (χ3v) is 3.61. The van der Waals surface area contributed by atoms with Gasteiger partial charge in [0.05, 0.1) is 5.56 Å². The fraction of sp³-hybridized carbons (Fsp3) is 0.250. The van der Waals surface area contributed by atoms with Gasteiger partial charge in [-0.2, -0.15) is 0 Å². The van der Waals surface area contributed by atoms with Gasteiger partial charge in [0.15, 0.2) is 0 Å². The minimum Gasteiger partial charge on any atom is -0.399 e. The lowest BCUT2D eigenvalue weighted by Gasteiger charge is -2.16. The number of anilines is 2. The Labute approximate surface area is 163 Å².